The lowest BCUT2D eigenvalue weighted by atomic mass is 9.92. The maximum absolute atomic E-state index is 12.6. The molecule has 0 aromatic heterocycles. The van der Waals surface area contributed by atoms with E-state index in [1.807, 2.05) is 30.5 Å². The van der Waals surface area contributed by atoms with Gasteiger partial charge in [-0.25, -0.2) is 4.79 Å². The minimum Gasteiger partial charge on any atom is -0.304 e. The van der Waals surface area contributed by atoms with E-state index in [0.717, 1.165) is 5.56 Å². The Morgan fingerprint density at radius 1 is 1.15 bits per heavy atom. The summed E-state index contributed by atoms with van der Waals surface area (Å²) in [6.07, 6.45) is 8.28. The molecule has 2 amide bonds. The average Bonchev–Trinajstić information content (AvgIpc) is 2.66. The van der Waals surface area contributed by atoms with Crippen LogP contribution in [0.15, 0.2) is 42.8 Å². The molecule has 1 aromatic rings. The van der Waals surface area contributed by atoms with Gasteiger partial charge in [-0.3, -0.25) is 0 Å². The lowest BCUT2D eigenvalue weighted by Gasteiger charge is -2.29. The second-order valence-corrected chi connectivity index (χ2v) is 7.68. The van der Waals surface area contributed by atoms with Crippen LogP contribution >= 0.6 is 0 Å². The number of allylic oxidation sites excluding steroid dienone is 2. The Balaban J connectivity index is 2.33. The van der Waals surface area contributed by atoms with Gasteiger partial charge in [0.1, 0.15) is 12.1 Å². The smallest absolute Gasteiger partial charge is 0.304 e. The number of hydrogen-bond donors (Lipinski definition) is 0. The Kier molecular flexibility index (Phi) is 5.85. The topological polar surface area (TPSA) is 71.1 Å². The number of carbonyl (C=O) groups excluding carboxylic acids is 1. The van der Waals surface area contributed by atoms with Crippen LogP contribution in [0.1, 0.15) is 49.8 Å². The van der Waals surface area contributed by atoms with E-state index in [-0.39, 0.29) is 17.4 Å². The summed E-state index contributed by atoms with van der Waals surface area (Å²) in [5.74, 6) is 0.0240. The fourth-order valence-electron chi connectivity index (χ4n) is 2.84. The van der Waals surface area contributed by atoms with E-state index in [2.05, 4.69) is 26.8 Å². The molecule has 0 spiro atoms. The fraction of sp³-hybridized carbons (Fsp3) is 0.381. The summed E-state index contributed by atoms with van der Waals surface area (Å²) in [4.78, 5) is 15.9. The highest BCUT2D eigenvalue weighted by atomic mass is 16.2. The Hall–Kier alpha value is -3.05. The highest BCUT2D eigenvalue weighted by Crippen LogP contribution is 2.26. The van der Waals surface area contributed by atoms with Gasteiger partial charge in [-0.05, 0) is 29.5 Å². The van der Waals surface area contributed by atoms with Crippen LogP contribution in [0.5, 0.6) is 0 Å². The average molecular weight is 348 g/mol. The molecule has 0 saturated carbocycles. The lowest BCUT2D eigenvalue weighted by Crippen LogP contribution is -2.39. The number of amides is 2. The van der Waals surface area contributed by atoms with Crippen LogP contribution < -0.4 is 0 Å². The van der Waals surface area contributed by atoms with E-state index in [1.54, 1.807) is 35.2 Å². The van der Waals surface area contributed by atoms with Gasteiger partial charge in [-0.15, -0.1) is 0 Å². The van der Waals surface area contributed by atoms with Crippen LogP contribution in [0.4, 0.5) is 4.79 Å². The van der Waals surface area contributed by atoms with Gasteiger partial charge in [0.05, 0.1) is 11.1 Å². The van der Waals surface area contributed by atoms with Crippen molar-refractivity contribution in [1.82, 2.24) is 9.80 Å². The predicted octanol–water partition coefficient (Wildman–Crippen LogP) is 4.34. The SMILES string of the molecule is CN1/C=C/C(c2ccc(C#N)c(C#N)c2)C/C=C/N(CC(C)(C)C)C1=O. The van der Waals surface area contributed by atoms with E-state index in [1.165, 1.54) is 0 Å². The van der Waals surface area contributed by atoms with Gasteiger partial charge in [0.2, 0.25) is 0 Å². The Morgan fingerprint density at radius 2 is 1.85 bits per heavy atom. The van der Waals surface area contributed by atoms with Crippen molar-refractivity contribution in [3.8, 4) is 12.1 Å². The molecular formula is C21H24N4O. The molecule has 1 aliphatic heterocycles. The Bertz CT molecular complexity index is 818. The first-order valence-corrected chi connectivity index (χ1v) is 8.58. The van der Waals surface area contributed by atoms with Crippen molar-refractivity contribution >= 4 is 6.03 Å². The molecule has 1 aromatic carbocycles. The van der Waals surface area contributed by atoms with Crippen molar-refractivity contribution in [2.45, 2.75) is 33.1 Å². The number of nitriles is 2. The molecule has 0 fully saturated rings. The number of urea groups is 1. The molecule has 134 valence electrons. The molecule has 1 aliphatic rings. The third-order valence-corrected chi connectivity index (χ3v) is 4.12. The number of hydrogen-bond acceptors (Lipinski definition) is 3. The van der Waals surface area contributed by atoms with Gasteiger partial charge in [-0.1, -0.05) is 39.0 Å². The fourth-order valence-corrected chi connectivity index (χ4v) is 2.84. The maximum atomic E-state index is 12.6. The molecule has 5 heteroatoms. The molecule has 1 heterocycles. The summed E-state index contributed by atoms with van der Waals surface area (Å²) in [5, 5.41) is 18.3. The molecule has 0 radical (unpaired) electrons. The van der Waals surface area contributed by atoms with Gasteiger partial charge in [0, 0.05) is 31.9 Å². The minimum absolute atomic E-state index is 0.00711. The number of nitrogens with zero attached hydrogens (tertiary/aromatic N) is 4. The zero-order chi connectivity index (χ0) is 19.3. The van der Waals surface area contributed by atoms with Crippen molar-refractivity contribution in [3.63, 3.8) is 0 Å². The summed E-state index contributed by atoms with van der Waals surface area (Å²) in [7, 11) is 1.74. The van der Waals surface area contributed by atoms with Crippen molar-refractivity contribution in [3.05, 3.63) is 59.4 Å². The molecule has 0 bridgehead atoms. The zero-order valence-electron chi connectivity index (χ0n) is 15.7. The zero-order valence-corrected chi connectivity index (χ0v) is 15.7. The van der Waals surface area contributed by atoms with Crippen LogP contribution in [-0.4, -0.2) is 29.4 Å². The highest BCUT2D eigenvalue weighted by molar-refractivity contribution is 5.76. The predicted molar refractivity (Wildman–Crippen MR) is 101 cm³/mol. The number of carbonyl (C=O) groups is 1. The van der Waals surface area contributed by atoms with Crippen molar-refractivity contribution in [1.29, 1.82) is 10.5 Å². The summed E-state index contributed by atoms with van der Waals surface area (Å²) >= 11 is 0. The molecule has 5 nitrogen and oxygen atoms in total. The number of benzene rings is 1. The lowest BCUT2D eigenvalue weighted by molar-refractivity contribution is 0.177. The molecule has 0 N–H and O–H groups in total. The van der Waals surface area contributed by atoms with Crippen molar-refractivity contribution in [2.24, 2.45) is 5.41 Å². The first-order chi connectivity index (χ1) is 12.2. The second-order valence-electron chi connectivity index (χ2n) is 7.68. The van der Waals surface area contributed by atoms with Crippen LogP contribution in [0, 0.1) is 28.1 Å². The normalized spacial score (nSPS) is 20.4. The van der Waals surface area contributed by atoms with Crippen LogP contribution in [0.2, 0.25) is 0 Å². The third kappa shape index (κ3) is 4.74. The van der Waals surface area contributed by atoms with E-state index in [0.29, 0.717) is 24.1 Å². The summed E-state index contributed by atoms with van der Waals surface area (Å²) in [5.41, 5.74) is 1.70. The first kappa shape index (κ1) is 19.3. The molecular weight excluding hydrogens is 324 g/mol. The monoisotopic (exact) mass is 348 g/mol. The standard InChI is InChI=1S/C21H24N4O/c1-21(2,3)15-25-10-5-6-16(9-11-24(4)20(25)26)17-7-8-18(13-22)19(12-17)14-23/h5,7-12,16H,6,15H2,1-4H3/b10-5+,11-9+. The van der Waals surface area contributed by atoms with Gasteiger partial charge in [-0.2, -0.15) is 10.5 Å². The van der Waals surface area contributed by atoms with Crippen LogP contribution in [0.3, 0.4) is 0 Å². The van der Waals surface area contributed by atoms with Gasteiger partial charge in [0.25, 0.3) is 0 Å². The van der Waals surface area contributed by atoms with E-state index < -0.39 is 0 Å². The van der Waals surface area contributed by atoms with Crippen molar-refractivity contribution < 1.29 is 4.79 Å². The molecule has 0 saturated heterocycles. The summed E-state index contributed by atoms with van der Waals surface area (Å²) < 4.78 is 0. The molecule has 2 rings (SSSR count). The van der Waals surface area contributed by atoms with E-state index in [9.17, 15) is 10.1 Å². The first-order valence-electron chi connectivity index (χ1n) is 8.58. The Labute approximate surface area is 155 Å². The Morgan fingerprint density at radius 3 is 2.46 bits per heavy atom. The van der Waals surface area contributed by atoms with E-state index >= 15 is 0 Å². The molecule has 0 aliphatic carbocycles. The largest absolute Gasteiger partial charge is 0.327 e. The summed E-state index contributed by atoms with van der Waals surface area (Å²) in [6, 6.07) is 9.34. The maximum Gasteiger partial charge on any atom is 0.327 e. The van der Waals surface area contributed by atoms with Gasteiger partial charge < -0.3 is 9.80 Å². The van der Waals surface area contributed by atoms with Crippen molar-refractivity contribution in [2.75, 3.05) is 13.6 Å². The molecule has 1 unspecified atom stereocenters. The second kappa shape index (κ2) is 7.89. The van der Waals surface area contributed by atoms with Gasteiger partial charge >= 0.3 is 6.03 Å². The van der Waals surface area contributed by atoms with Crippen LogP contribution in [-0.2, 0) is 0 Å². The third-order valence-electron chi connectivity index (χ3n) is 4.12. The van der Waals surface area contributed by atoms with E-state index in [4.69, 9.17) is 5.26 Å². The quantitative estimate of drug-likeness (QED) is 0.798. The minimum atomic E-state index is -0.0781. The summed E-state index contributed by atoms with van der Waals surface area (Å²) in [6.45, 7) is 6.92. The van der Waals surface area contributed by atoms with Gasteiger partial charge in [0.15, 0.2) is 0 Å². The number of rotatable bonds is 2. The van der Waals surface area contributed by atoms with Crippen LogP contribution in [0.25, 0.3) is 0 Å². The molecule has 26 heavy (non-hydrogen) atoms. The highest BCUT2D eigenvalue weighted by Gasteiger charge is 2.22. The molecule has 1 atom stereocenters.